The molecule has 1 radical (unpaired) electrons. The van der Waals surface area contributed by atoms with E-state index in [1.165, 1.54) is 32.3 Å². The molecule has 0 unspecified atom stereocenters. The lowest BCUT2D eigenvalue weighted by Crippen LogP contribution is -1.99. The van der Waals surface area contributed by atoms with E-state index in [1.807, 2.05) is 24.3 Å². The summed E-state index contributed by atoms with van der Waals surface area (Å²) in [6, 6.07) is 31.5. The molecule has 127 valence electrons. The van der Waals surface area contributed by atoms with Crippen molar-refractivity contribution in [2.75, 3.05) is 0 Å². The highest BCUT2D eigenvalue weighted by molar-refractivity contribution is 6.25. The van der Waals surface area contributed by atoms with Gasteiger partial charge < -0.3 is 9.68 Å². The van der Waals surface area contributed by atoms with Gasteiger partial charge in [-0.2, -0.15) is 0 Å². The van der Waals surface area contributed by atoms with E-state index in [1.54, 1.807) is 0 Å². The first-order chi connectivity index (χ1) is 13.3. The predicted molar refractivity (Wildman–Crippen MR) is 113 cm³/mol. The summed E-state index contributed by atoms with van der Waals surface area (Å²) in [6.07, 6.45) is 0. The monoisotopic (exact) mass is 347 g/mol. The van der Waals surface area contributed by atoms with Crippen LogP contribution >= 0.6 is 0 Å². The van der Waals surface area contributed by atoms with E-state index in [0.717, 1.165) is 11.1 Å². The first kappa shape index (κ1) is 15.9. The van der Waals surface area contributed by atoms with Gasteiger partial charge in [0, 0.05) is 0 Å². The number of rotatable bonds is 3. The summed E-state index contributed by atoms with van der Waals surface area (Å²) >= 11 is 0. The molecule has 0 amide bonds. The van der Waals surface area contributed by atoms with E-state index in [-0.39, 0.29) is 0 Å². The van der Waals surface area contributed by atoms with Crippen molar-refractivity contribution in [3.63, 3.8) is 0 Å². The summed E-state index contributed by atoms with van der Waals surface area (Å²) in [6.45, 7) is 0. The third-order valence-electron chi connectivity index (χ3n) is 5.12. The van der Waals surface area contributed by atoms with Crippen molar-refractivity contribution in [1.29, 1.82) is 0 Å². The molecule has 3 heteroatoms. The van der Waals surface area contributed by atoms with Gasteiger partial charge in [-0.05, 0) is 61.6 Å². The Bertz CT molecular complexity index is 1240. The molecule has 5 aromatic carbocycles. The Balaban J connectivity index is 1.78. The third-order valence-corrected chi connectivity index (χ3v) is 5.12. The summed E-state index contributed by atoms with van der Waals surface area (Å²) in [4.78, 5) is 0. The molecule has 5 rings (SSSR count). The summed E-state index contributed by atoms with van der Waals surface area (Å²) in [5, 5.41) is 16.4. The summed E-state index contributed by atoms with van der Waals surface area (Å²) in [5.41, 5.74) is 2.27. The minimum Gasteiger partial charge on any atom is -0.537 e. The lowest BCUT2D eigenvalue weighted by atomic mass is 9.92. The van der Waals surface area contributed by atoms with Crippen LogP contribution in [0.15, 0.2) is 91.0 Å². The highest BCUT2D eigenvalue weighted by Gasteiger charge is 2.09. The van der Waals surface area contributed by atoms with Crippen molar-refractivity contribution >= 4 is 40.0 Å². The van der Waals surface area contributed by atoms with Gasteiger partial charge in [0.05, 0.1) is 0 Å². The van der Waals surface area contributed by atoms with Gasteiger partial charge in [-0.15, -0.1) is 0 Å². The fraction of sp³-hybridized carbons (Fsp3) is 0. The van der Waals surface area contributed by atoms with E-state index in [9.17, 15) is 0 Å². The average Bonchev–Trinajstić information content (AvgIpc) is 2.74. The minimum absolute atomic E-state index is 0.610. The second-order valence-electron chi connectivity index (χ2n) is 6.60. The molecule has 0 aromatic heterocycles. The molecule has 0 aliphatic rings. The van der Waals surface area contributed by atoms with Crippen LogP contribution in [-0.4, -0.2) is 12.7 Å². The van der Waals surface area contributed by atoms with Crippen molar-refractivity contribution in [3.05, 3.63) is 91.0 Å². The van der Waals surface area contributed by atoms with Gasteiger partial charge in [0.1, 0.15) is 5.75 Å². The van der Waals surface area contributed by atoms with Crippen LogP contribution in [0.25, 0.3) is 43.4 Å². The van der Waals surface area contributed by atoms with E-state index in [0.29, 0.717) is 13.4 Å². The third kappa shape index (κ3) is 2.64. The second kappa shape index (κ2) is 6.46. The van der Waals surface area contributed by atoms with Crippen molar-refractivity contribution in [2.24, 2.45) is 0 Å². The van der Waals surface area contributed by atoms with Gasteiger partial charge in [0.15, 0.2) is 0 Å². The quantitative estimate of drug-likeness (QED) is 0.334. The molecule has 2 nitrogen and oxygen atoms in total. The van der Waals surface area contributed by atoms with Crippen LogP contribution in [0.5, 0.6) is 5.75 Å². The molecule has 0 spiro atoms. The van der Waals surface area contributed by atoms with Crippen LogP contribution in [0, 0.1) is 0 Å². The zero-order valence-corrected chi connectivity index (χ0v) is 14.6. The maximum absolute atomic E-state index is 8.76. The van der Waals surface area contributed by atoms with Gasteiger partial charge in [-0.1, -0.05) is 72.8 Å². The standard InChI is InChI=1S/C24H16BO2/c26-25-27-18-12-9-16(10-13-18)17-11-14-23-21-7-2-1-5-19(21)20-6-3-4-8-22(20)24(23)15-17/h1-15,26H. The van der Waals surface area contributed by atoms with E-state index >= 15 is 0 Å². The molecule has 0 fully saturated rings. The molecular formula is C24H16BO2. The molecular weight excluding hydrogens is 331 g/mol. The van der Waals surface area contributed by atoms with E-state index < -0.39 is 0 Å². The molecule has 0 aliphatic carbocycles. The zero-order valence-electron chi connectivity index (χ0n) is 14.6. The van der Waals surface area contributed by atoms with Crippen LogP contribution in [0.3, 0.4) is 0 Å². The number of hydrogen-bond donors (Lipinski definition) is 1. The molecule has 0 bridgehead atoms. The Morgan fingerprint density at radius 1 is 0.519 bits per heavy atom. The number of hydrogen-bond acceptors (Lipinski definition) is 2. The Morgan fingerprint density at radius 2 is 1.00 bits per heavy atom. The first-order valence-corrected chi connectivity index (χ1v) is 8.91. The fourth-order valence-electron chi connectivity index (χ4n) is 3.87. The maximum Gasteiger partial charge on any atom is 0.569 e. The molecule has 27 heavy (non-hydrogen) atoms. The average molecular weight is 347 g/mol. The van der Waals surface area contributed by atoms with Crippen LogP contribution in [-0.2, 0) is 0 Å². The highest BCUT2D eigenvalue weighted by atomic mass is 16.5. The predicted octanol–water partition coefficient (Wildman–Crippen LogP) is 5.72. The van der Waals surface area contributed by atoms with Crippen LogP contribution in [0.2, 0.25) is 0 Å². The molecule has 1 N–H and O–H groups in total. The summed E-state index contributed by atoms with van der Waals surface area (Å²) < 4.78 is 5.00. The second-order valence-corrected chi connectivity index (χ2v) is 6.60. The van der Waals surface area contributed by atoms with E-state index in [2.05, 4.69) is 66.7 Å². The van der Waals surface area contributed by atoms with Gasteiger partial charge >= 0.3 is 7.69 Å². The molecule has 0 aliphatic heterocycles. The lowest BCUT2D eigenvalue weighted by molar-refractivity contribution is 0.454. The van der Waals surface area contributed by atoms with Crippen LogP contribution < -0.4 is 4.65 Å². The SMILES string of the molecule is O[B]Oc1ccc(-c2ccc3c4ccccc4c4ccccc4c3c2)cc1. The number of fused-ring (bicyclic) bond motifs is 6. The molecule has 0 saturated carbocycles. The Morgan fingerprint density at radius 3 is 1.56 bits per heavy atom. The topological polar surface area (TPSA) is 29.5 Å². The smallest absolute Gasteiger partial charge is 0.537 e. The van der Waals surface area contributed by atoms with Gasteiger partial charge in [0.25, 0.3) is 0 Å². The number of benzene rings is 5. The first-order valence-electron chi connectivity index (χ1n) is 8.91. The molecule has 0 saturated heterocycles. The van der Waals surface area contributed by atoms with Gasteiger partial charge in [0.2, 0.25) is 0 Å². The largest absolute Gasteiger partial charge is 0.569 e. The van der Waals surface area contributed by atoms with Crippen LogP contribution in [0.4, 0.5) is 0 Å². The van der Waals surface area contributed by atoms with Crippen molar-refractivity contribution in [3.8, 4) is 16.9 Å². The van der Waals surface area contributed by atoms with Crippen molar-refractivity contribution < 1.29 is 9.68 Å². The fourth-order valence-corrected chi connectivity index (χ4v) is 3.87. The minimum atomic E-state index is 0.610. The Hall–Kier alpha value is -3.30. The summed E-state index contributed by atoms with van der Waals surface area (Å²) in [5.74, 6) is 0.610. The summed E-state index contributed by atoms with van der Waals surface area (Å²) in [7, 11) is 0.697. The lowest BCUT2D eigenvalue weighted by Gasteiger charge is -2.12. The highest BCUT2D eigenvalue weighted by Crippen LogP contribution is 2.37. The van der Waals surface area contributed by atoms with Gasteiger partial charge in [-0.25, -0.2) is 0 Å². The van der Waals surface area contributed by atoms with Crippen LogP contribution in [0.1, 0.15) is 0 Å². The molecule has 0 atom stereocenters. The molecule has 0 heterocycles. The van der Waals surface area contributed by atoms with Crippen molar-refractivity contribution in [1.82, 2.24) is 0 Å². The zero-order chi connectivity index (χ0) is 18.2. The normalized spacial score (nSPS) is 11.1. The Labute approximate surface area is 157 Å². The Kier molecular flexibility index (Phi) is 3.81. The van der Waals surface area contributed by atoms with Gasteiger partial charge in [-0.3, -0.25) is 0 Å². The van der Waals surface area contributed by atoms with Crippen molar-refractivity contribution in [2.45, 2.75) is 0 Å². The maximum atomic E-state index is 8.76. The van der Waals surface area contributed by atoms with E-state index in [4.69, 9.17) is 9.68 Å². The molecule has 5 aromatic rings.